The number of aromatic nitrogens is 1. The molecule has 0 saturated heterocycles. The minimum absolute atomic E-state index is 0.223. The Balaban J connectivity index is 1.82. The van der Waals surface area contributed by atoms with Gasteiger partial charge in [0.25, 0.3) is 0 Å². The number of phenols is 1. The molecule has 0 unspecified atom stereocenters. The SMILES string of the molecule is COc1ccccc1C=NN=c1scc(-c2cccc(O)c2)n1-c1ccccc1. The van der Waals surface area contributed by atoms with Crippen molar-refractivity contribution in [3.63, 3.8) is 0 Å². The Labute approximate surface area is 172 Å². The van der Waals surface area contributed by atoms with Crippen molar-refractivity contribution in [2.75, 3.05) is 7.11 Å². The Morgan fingerprint density at radius 1 is 0.966 bits per heavy atom. The van der Waals surface area contributed by atoms with Crippen LogP contribution in [0.2, 0.25) is 0 Å². The zero-order valence-electron chi connectivity index (χ0n) is 15.8. The largest absolute Gasteiger partial charge is 0.508 e. The van der Waals surface area contributed by atoms with Crippen LogP contribution in [0.5, 0.6) is 11.5 Å². The molecule has 29 heavy (non-hydrogen) atoms. The lowest BCUT2D eigenvalue weighted by Crippen LogP contribution is -2.13. The van der Waals surface area contributed by atoms with Crippen molar-refractivity contribution < 1.29 is 9.84 Å². The molecule has 1 N–H and O–H groups in total. The van der Waals surface area contributed by atoms with E-state index in [9.17, 15) is 5.11 Å². The van der Waals surface area contributed by atoms with Crippen molar-refractivity contribution in [3.8, 4) is 28.4 Å². The third kappa shape index (κ3) is 4.12. The van der Waals surface area contributed by atoms with E-state index in [1.54, 1.807) is 25.5 Å². The summed E-state index contributed by atoms with van der Waals surface area (Å²) in [4.78, 5) is 0.723. The Morgan fingerprint density at radius 2 is 1.76 bits per heavy atom. The standard InChI is InChI=1S/C23H19N3O2S/c1-28-22-13-6-5-8-18(22)15-24-25-23-26(19-10-3-2-4-11-19)21(16-29-23)17-9-7-12-20(27)14-17/h2-16,27H,1H3. The van der Waals surface area contributed by atoms with Crippen LogP contribution in [0.4, 0.5) is 0 Å². The molecule has 1 heterocycles. The van der Waals surface area contributed by atoms with Gasteiger partial charge in [-0.3, -0.25) is 4.57 Å². The normalized spacial score (nSPS) is 11.8. The van der Waals surface area contributed by atoms with Crippen LogP contribution < -0.4 is 9.54 Å². The van der Waals surface area contributed by atoms with Gasteiger partial charge in [-0.1, -0.05) is 42.5 Å². The van der Waals surface area contributed by atoms with Gasteiger partial charge in [0, 0.05) is 22.2 Å². The molecule has 5 nitrogen and oxygen atoms in total. The first-order valence-electron chi connectivity index (χ1n) is 9.02. The fourth-order valence-corrected chi connectivity index (χ4v) is 3.85. The number of phenolic OH excluding ortho intramolecular Hbond substituents is 1. The fraction of sp³-hybridized carbons (Fsp3) is 0.0435. The number of benzene rings is 3. The molecule has 0 bridgehead atoms. The molecule has 0 aliphatic rings. The van der Waals surface area contributed by atoms with Gasteiger partial charge in [-0.2, -0.15) is 5.10 Å². The summed E-state index contributed by atoms with van der Waals surface area (Å²) < 4.78 is 7.38. The molecule has 0 fully saturated rings. The summed E-state index contributed by atoms with van der Waals surface area (Å²) >= 11 is 1.49. The van der Waals surface area contributed by atoms with Crippen LogP contribution in [0.3, 0.4) is 0 Å². The average Bonchev–Trinajstić information content (AvgIpc) is 3.18. The van der Waals surface area contributed by atoms with Gasteiger partial charge in [-0.05, 0) is 36.4 Å². The van der Waals surface area contributed by atoms with E-state index < -0.39 is 0 Å². The van der Waals surface area contributed by atoms with Gasteiger partial charge in [0.2, 0.25) is 4.80 Å². The maximum atomic E-state index is 9.89. The van der Waals surface area contributed by atoms with Crippen molar-refractivity contribution in [3.05, 3.63) is 94.6 Å². The van der Waals surface area contributed by atoms with E-state index in [4.69, 9.17) is 4.74 Å². The topological polar surface area (TPSA) is 59.1 Å². The minimum atomic E-state index is 0.223. The van der Waals surface area contributed by atoms with Crippen molar-refractivity contribution in [2.45, 2.75) is 0 Å². The molecular formula is C23H19N3O2S. The zero-order chi connectivity index (χ0) is 20.1. The fourth-order valence-electron chi connectivity index (χ4n) is 2.99. The highest BCUT2D eigenvalue weighted by Crippen LogP contribution is 2.26. The molecule has 0 aliphatic heterocycles. The summed E-state index contributed by atoms with van der Waals surface area (Å²) in [6.07, 6.45) is 1.68. The van der Waals surface area contributed by atoms with Crippen LogP contribution in [-0.2, 0) is 0 Å². The second kappa shape index (κ2) is 8.58. The Morgan fingerprint density at radius 3 is 2.55 bits per heavy atom. The molecule has 1 aromatic heterocycles. The maximum absolute atomic E-state index is 9.89. The highest BCUT2D eigenvalue weighted by atomic mass is 32.1. The average molecular weight is 401 g/mol. The molecule has 0 spiro atoms. The van der Waals surface area contributed by atoms with Gasteiger partial charge in [-0.15, -0.1) is 16.4 Å². The molecule has 0 aliphatic carbocycles. The first-order valence-corrected chi connectivity index (χ1v) is 9.89. The third-order valence-corrected chi connectivity index (χ3v) is 5.16. The van der Waals surface area contributed by atoms with Crippen LogP contribution >= 0.6 is 11.3 Å². The second-order valence-electron chi connectivity index (χ2n) is 6.21. The van der Waals surface area contributed by atoms with Crippen molar-refractivity contribution in [1.29, 1.82) is 0 Å². The molecule has 0 saturated carbocycles. The highest BCUT2D eigenvalue weighted by Gasteiger charge is 2.10. The number of methoxy groups -OCH3 is 1. The molecular weight excluding hydrogens is 382 g/mol. The Kier molecular flexibility index (Phi) is 5.54. The smallest absolute Gasteiger partial charge is 0.215 e. The molecule has 4 aromatic rings. The number of nitrogens with zero attached hydrogens (tertiary/aromatic N) is 3. The van der Waals surface area contributed by atoms with Gasteiger partial charge in [-0.25, -0.2) is 0 Å². The number of rotatable bonds is 5. The first kappa shape index (κ1) is 18.7. The van der Waals surface area contributed by atoms with E-state index in [2.05, 4.69) is 10.2 Å². The number of hydrogen-bond donors (Lipinski definition) is 1. The van der Waals surface area contributed by atoms with Gasteiger partial charge in [0.05, 0.1) is 19.0 Å². The summed E-state index contributed by atoms with van der Waals surface area (Å²) in [5.74, 6) is 0.968. The molecule has 4 rings (SSSR count). The molecule has 0 amide bonds. The summed E-state index contributed by atoms with van der Waals surface area (Å²) in [6.45, 7) is 0. The van der Waals surface area contributed by atoms with Crippen molar-refractivity contribution >= 4 is 17.6 Å². The number of aromatic hydroxyl groups is 1. The maximum Gasteiger partial charge on any atom is 0.215 e. The number of thiazole rings is 1. The van der Waals surface area contributed by atoms with Crippen LogP contribution in [-0.4, -0.2) is 23.0 Å². The van der Waals surface area contributed by atoms with Crippen molar-refractivity contribution in [2.24, 2.45) is 10.2 Å². The van der Waals surface area contributed by atoms with E-state index in [0.29, 0.717) is 0 Å². The Bertz CT molecular complexity index is 1210. The lowest BCUT2D eigenvalue weighted by molar-refractivity contribution is 0.414. The molecule has 0 atom stereocenters. The van der Waals surface area contributed by atoms with Crippen molar-refractivity contribution in [1.82, 2.24) is 4.57 Å². The lowest BCUT2D eigenvalue weighted by Gasteiger charge is -2.09. The molecule has 144 valence electrons. The van der Waals surface area contributed by atoms with Crippen LogP contribution in [0.15, 0.2) is 94.4 Å². The zero-order valence-corrected chi connectivity index (χ0v) is 16.6. The third-order valence-electron chi connectivity index (χ3n) is 4.34. The van der Waals surface area contributed by atoms with Gasteiger partial charge in [0.1, 0.15) is 11.5 Å². The van der Waals surface area contributed by atoms with E-state index in [-0.39, 0.29) is 5.75 Å². The number of para-hydroxylation sites is 2. The predicted molar refractivity (Wildman–Crippen MR) is 117 cm³/mol. The molecule has 0 radical (unpaired) electrons. The monoisotopic (exact) mass is 401 g/mol. The van der Waals surface area contributed by atoms with Crippen LogP contribution in [0.1, 0.15) is 5.56 Å². The van der Waals surface area contributed by atoms with Gasteiger partial charge < -0.3 is 9.84 Å². The van der Waals surface area contributed by atoms with E-state index in [1.807, 2.05) is 76.7 Å². The highest BCUT2D eigenvalue weighted by molar-refractivity contribution is 7.07. The molecule has 3 aromatic carbocycles. The van der Waals surface area contributed by atoms with E-state index >= 15 is 0 Å². The lowest BCUT2D eigenvalue weighted by atomic mass is 10.1. The summed E-state index contributed by atoms with van der Waals surface area (Å²) in [6, 6.07) is 24.8. The predicted octanol–water partition coefficient (Wildman–Crippen LogP) is 4.85. The second-order valence-corrected chi connectivity index (χ2v) is 7.05. The quantitative estimate of drug-likeness (QED) is 0.384. The first-order chi connectivity index (χ1) is 14.3. The summed E-state index contributed by atoms with van der Waals surface area (Å²) in [7, 11) is 1.63. The summed E-state index contributed by atoms with van der Waals surface area (Å²) in [5, 5.41) is 20.7. The number of hydrogen-bond acceptors (Lipinski definition) is 5. The van der Waals surface area contributed by atoms with Gasteiger partial charge >= 0.3 is 0 Å². The number of ether oxygens (including phenoxy) is 1. The van der Waals surface area contributed by atoms with Gasteiger partial charge in [0.15, 0.2) is 0 Å². The van der Waals surface area contributed by atoms with E-state index in [1.165, 1.54) is 11.3 Å². The Hall–Kier alpha value is -3.64. The van der Waals surface area contributed by atoms with E-state index in [0.717, 1.165) is 33.1 Å². The molecule has 6 heteroatoms. The minimum Gasteiger partial charge on any atom is -0.508 e. The van der Waals surface area contributed by atoms with Crippen LogP contribution in [0, 0.1) is 0 Å². The summed E-state index contributed by atoms with van der Waals surface area (Å²) in [5.41, 5.74) is 3.66. The van der Waals surface area contributed by atoms with Crippen LogP contribution in [0.25, 0.3) is 16.9 Å².